The molecule has 9 nitrogen and oxygen atoms in total. The number of nitrogens with zero attached hydrogens (tertiary/aromatic N) is 3. The summed E-state index contributed by atoms with van der Waals surface area (Å²) in [6, 6.07) is 9.15. The van der Waals surface area contributed by atoms with Crippen molar-refractivity contribution in [2.45, 2.75) is 24.9 Å². The number of ether oxygens (including phenoxy) is 2. The smallest absolute Gasteiger partial charge is 0.237 e. The highest BCUT2D eigenvalue weighted by molar-refractivity contribution is 6.02. The van der Waals surface area contributed by atoms with Gasteiger partial charge in [0.1, 0.15) is 5.75 Å². The normalized spacial score (nSPS) is 23.6. The number of Topliss-reactive ketones (excluding diaryl/α,β-unsaturated/α-hetero) is 1. The number of anilines is 2. The summed E-state index contributed by atoms with van der Waals surface area (Å²) in [5, 5.41) is 14.2. The van der Waals surface area contributed by atoms with E-state index in [1.807, 2.05) is 24.3 Å². The van der Waals surface area contributed by atoms with Gasteiger partial charge in [0.15, 0.2) is 11.4 Å². The number of hydrogen-bond acceptors (Lipinski definition) is 8. The van der Waals surface area contributed by atoms with Crippen LogP contribution in [0.2, 0.25) is 0 Å². The molecule has 5 rings (SSSR count). The fourth-order valence-corrected chi connectivity index (χ4v) is 4.70. The molecule has 1 atom stereocenters. The van der Waals surface area contributed by atoms with E-state index in [2.05, 4.69) is 20.8 Å². The summed E-state index contributed by atoms with van der Waals surface area (Å²) < 4.78 is 11.8. The third kappa shape index (κ3) is 4.48. The molecule has 0 aliphatic carbocycles. The van der Waals surface area contributed by atoms with Crippen LogP contribution in [0.4, 0.5) is 11.4 Å². The van der Waals surface area contributed by atoms with Crippen LogP contribution in [0.3, 0.4) is 0 Å². The predicted octanol–water partition coefficient (Wildman–Crippen LogP) is 1.47. The van der Waals surface area contributed by atoms with Crippen molar-refractivity contribution in [1.29, 1.82) is 0 Å². The van der Waals surface area contributed by atoms with Gasteiger partial charge in [0.05, 0.1) is 24.0 Å². The Hall–Kier alpha value is -2.88. The molecule has 0 radical (unpaired) electrons. The van der Waals surface area contributed by atoms with Gasteiger partial charge in [-0.25, -0.2) is 0 Å². The van der Waals surface area contributed by atoms with Crippen LogP contribution in [0.25, 0.3) is 0 Å². The monoisotopic (exact) mass is 451 g/mol. The molecule has 1 aromatic heterocycles. The molecule has 9 heteroatoms. The van der Waals surface area contributed by atoms with Crippen molar-refractivity contribution >= 4 is 23.1 Å². The number of hydrogen-bond donors (Lipinski definition) is 2. The fraction of sp³-hybridized carbons (Fsp3) is 0.500. The number of carbonyl (C=O) groups is 2. The van der Waals surface area contributed by atoms with Gasteiger partial charge in [0.25, 0.3) is 0 Å². The molecule has 0 saturated carbocycles. The Morgan fingerprint density at radius 1 is 1.00 bits per heavy atom. The third-order valence-electron chi connectivity index (χ3n) is 6.74. The minimum Gasteiger partial charge on any atom is -0.478 e. The van der Waals surface area contributed by atoms with Gasteiger partial charge in [-0.2, -0.15) is 10.2 Å². The van der Waals surface area contributed by atoms with Gasteiger partial charge < -0.3 is 20.1 Å². The van der Waals surface area contributed by atoms with Gasteiger partial charge in [-0.05, 0) is 49.7 Å². The average Bonchev–Trinajstić information content (AvgIpc) is 3.30. The van der Waals surface area contributed by atoms with Gasteiger partial charge in [-0.15, -0.1) is 0 Å². The lowest BCUT2D eigenvalue weighted by Gasteiger charge is -2.34. The van der Waals surface area contributed by atoms with E-state index < -0.39 is 5.60 Å². The lowest BCUT2D eigenvalue weighted by atomic mass is 9.83. The maximum Gasteiger partial charge on any atom is 0.237 e. The van der Waals surface area contributed by atoms with Crippen molar-refractivity contribution in [2.24, 2.45) is 11.8 Å². The minimum absolute atomic E-state index is 0.0153. The first-order valence-electron chi connectivity index (χ1n) is 11.6. The Morgan fingerprint density at radius 3 is 2.39 bits per heavy atom. The number of aromatic nitrogens is 2. The molecule has 1 amide bonds. The second-order valence-corrected chi connectivity index (χ2v) is 8.90. The van der Waals surface area contributed by atoms with Gasteiger partial charge in [0, 0.05) is 50.9 Å². The molecule has 2 N–H and O–H groups in total. The first-order valence-corrected chi connectivity index (χ1v) is 11.6. The molecular weight excluding hydrogens is 422 g/mol. The molecule has 0 spiro atoms. The zero-order chi connectivity index (χ0) is 22.7. The largest absolute Gasteiger partial charge is 0.478 e. The van der Waals surface area contributed by atoms with E-state index in [9.17, 15) is 9.59 Å². The predicted molar refractivity (Wildman–Crippen MR) is 121 cm³/mol. The Kier molecular flexibility index (Phi) is 6.34. The molecule has 2 aromatic rings. The Labute approximate surface area is 192 Å². The van der Waals surface area contributed by atoms with Crippen LogP contribution in [0.15, 0.2) is 42.7 Å². The van der Waals surface area contributed by atoms with E-state index in [1.54, 1.807) is 23.4 Å². The molecule has 33 heavy (non-hydrogen) atoms. The molecule has 3 fully saturated rings. The van der Waals surface area contributed by atoms with E-state index in [0.29, 0.717) is 50.7 Å². The van der Waals surface area contributed by atoms with Gasteiger partial charge in [0.2, 0.25) is 5.91 Å². The van der Waals surface area contributed by atoms with Crippen molar-refractivity contribution in [3.8, 4) is 5.75 Å². The Balaban J connectivity index is 1.37. The van der Waals surface area contributed by atoms with Crippen molar-refractivity contribution in [3.63, 3.8) is 0 Å². The number of carbonyl (C=O) groups excluding carboxylic acids is 2. The molecule has 0 bridgehead atoms. The summed E-state index contributed by atoms with van der Waals surface area (Å²) in [7, 11) is 0. The summed E-state index contributed by atoms with van der Waals surface area (Å²) in [6.45, 7) is 3.84. The summed E-state index contributed by atoms with van der Waals surface area (Å²) in [5.41, 5.74) is 0.536. The lowest BCUT2D eigenvalue weighted by molar-refractivity contribution is -0.140. The SMILES string of the molecule is O=C(C1CNC1)N(c1ccc(O[C@]2(C(=O)C3CCOCC3)CCNC2)cc1)c1ccnnc1. The first-order chi connectivity index (χ1) is 16.2. The Morgan fingerprint density at radius 2 is 1.79 bits per heavy atom. The van der Waals surface area contributed by atoms with Crippen LogP contribution >= 0.6 is 0 Å². The fourth-order valence-electron chi connectivity index (χ4n) is 4.70. The van der Waals surface area contributed by atoms with E-state index in [-0.39, 0.29) is 23.5 Å². The highest BCUT2D eigenvalue weighted by Crippen LogP contribution is 2.33. The van der Waals surface area contributed by atoms with E-state index in [4.69, 9.17) is 9.47 Å². The summed E-state index contributed by atoms with van der Waals surface area (Å²) in [6.07, 6.45) is 5.30. The molecule has 3 aliphatic heterocycles. The maximum atomic E-state index is 13.4. The van der Waals surface area contributed by atoms with Crippen molar-refractivity contribution in [2.75, 3.05) is 44.3 Å². The summed E-state index contributed by atoms with van der Waals surface area (Å²) in [5.74, 6) is 0.701. The number of amides is 1. The molecule has 3 aliphatic rings. The molecule has 3 saturated heterocycles. The highest BCUT2D eigenvalue weighted by atomic mass is 16.5. The Bertz CT molecular complexity index is 968. The van der Waals surface area contributed by atoms with Gasteiger partial charge in [-0.3, -0.25) is 14.5 Å². The van der Waals surface area contributed by atoms with E-state index in [0.717, 1.165) is 25.1 Å². The highest BCUT2D eigenvalue weighted by Gasteiger charge is 2.46. The van der Waals surface area contributed by atoms with Crippen LogP contribution in [-0.2, 0) is 14.3 Å². The lowest BCUT2D eigenvalue weighted by Crippen LogP contribution is -2.51. The molecule has 0 unspecified atom stereocenters. The maximum absolute atomic E-state index is 13.4. The number of benzene rings is 1. The third-order valence-corrected chi connectivity index (χ3v) is 6.74. The zero-order valence-electron chi connectivity index (χ0n) is 18.5. The molecular formula is C24H29N5O4. The first kappa shape index (κ1) is 21.9. The van der Waals surface area contributed by atoms with Crippen LogP contribution in [0, 0.1) is 11.8 Å². The topological polar surface area (TPSA) is 106 Å². The molecule has 174 valence electrons. The van der Waals surface area contributed by atoms with Gasteiger partial charge in [-0.1, -0.05) is 0 Å². The van der Waals surface area contributed by atoms with Gasteiger partial charge >= 0.3 is 0 Å². The van der Waals surface area contributed by atoms with E-state index in [1.165, 1.54) is 0 Å². The average molecular weight is 452 g/mol. The second kappa shape index (κ2) is 9.54. The summed E-state index contributed by atoms with van der Waals surface area (Å²) >= 11 is 0. The second-order valence-electron chi connectivity index (χ2n) is 8.90. The zero-order valence-corrected chi connectivity index (χ0v) is 18.5. The minimum atomic E-state index is -0.856. The number of ketones is 1. The number of rotatable bonds is 7. The summed E-state index contributed by atoms with van der Waals surface area (Å²) in [4.78, 5) is 28.2. The standard InChI is InChI=1S/C24H29N5O4/c30-22(17-6-11-32-12-7-17)24(8-10-25-16-24)33-21-3-1-19(2-4-21)29(20-5-9-27-28-15-20)23(31)18-13-26-14-18/h1-5,9,15,17-18,25-26H,6-8,10-14,16H2/t24-/m1/s1. The van der Waals surface area contributed by atoms with Crippen LogP contribution in [0.5, 0.6) is 5.75 Å². The molecule has 4 heterocycles. The number of nitrogens with one attached hydrogen (secondary N) is 2. The van der Waals surface area contributed by atoms with Crippen LogP contribution < -0.4 is 20.3 Å². The van der Waals surface area contributed by atoms with Crippen molar-refractivity contribution in [1.82, 2.24) is 20.8 Å². The van der Waals surface area contributed by atoms with Crippen molar-refractivity contribution < 1.29 is 19.1 Å². The van der Waals surface area contributed by atoms with Crippen LogP contribution in [-0.4, -0.2) is 66.9 Å². The molecule has 1 aromatic carbocycles. The van der Waals surface area contributed by atoms with Crippen LogP contribution in [0.1, 0.15) is 19.3 Å². The van der Waals surface area contributed by atoms with Crippen molar-refractivity contribution in [3.05, 3.63) is 42.7 Å². The quantitative estimate of drug-likeness (QED) is 0.652. The van der Waals surface area contributed by atoms with E-state index >= 15 is 0 Å².